The first kappa shape index (κ1) is 12.8. The molecule has 1 N–H and O–H groups in total. The van der Waals surface area contributed by atoms with E-state index in [2.05, 4.69) is 15.9 Å². The molecule has 0 saturated carbocycles. The molecule has 0 amide bonds. The number of carboxylic acids is 1. The molecule has 16 heavy (non-hydrogen) atoms. The Morgan fingerprint density at radius 2 is 2.31 bits per heavy atom. The van der Waals surface area contributed by atoms with E-state index < -0.39 is 5.97 Å². The van der Waals surface area contributed by atoms with Gasteiger partial charge < -0.3 is 9.67 Å². The minimum absolute atomic E-state index is 0.0967. The molecular weight excluding hydrogens is 272 g/mol. The van der Waals surface area contributed by atoms with E-state index in [1.54, 1.807) is 12.3 Å². The van der Waals surface area contributed by atoms with Gasteiger partial charge in [0, 0.05) is 12.7 Å². The molecule has 1 heterocycles. The van der Waals surface area contributed by atoms with Crippen molar-refractivity contribution in [2.24, 2.45) is 5.41 Å². The Morgan fingerprint density at radius 1 is 1.69 bits per heavy atom. The average Bonchev–Trinajstić information content (AvgIpc) is 2.44. The largest absolute Gasteiger partial charge is 0.481 e. The smallest absolute Gasteiger partial charge is 0.303 e. The Bertz CT molecular complexity index is 443. The summed E-state index contributed by atoms with van der Waals surface area (Å²) in [6.07, 6.45) is 1.81. The van der Waals surface area contributed by atoms with E-state index in [1.807, 2.05) is 24.5 Å². The monoisotopic (exact) mass is 284 g/mol. The topological polar surface area (TPSA) is 66.0 Å². The molecule has 5 heteroatoms. The van der Waals surface area contributed by atoms with E-state index in [4.69, 9.17) is 10.4 Å². The summed E-state index contributed by atoms with van der Waals surface area (Å²) in [6.45, 7) is 4.33. The first-order valence-electron chi connectivity index (χ1n) is 4.82. The Balaban J connectivity index is 2.83. The van der Waals surface area contributed by atoms with E-state index in [0.29, 0.717) is 12.1 Å². The highest BCUT2D eigenvalue weighted by Crippen LogP contribution is 2.26. The van der Waals surface area contributed by atoms with Crippen LogP contribution in [0.3, 0.4) is 0 Å². The molecule has 0 aromatic carbocycles. The lowest BCUT2D eigenvalue weighted by Gasteiger charge is -2.23. The molecule has 0 bridgehead atoms. The number of nitriles is 1. The fourth-order valence-electron chi connectivity index (χ4n) is 1.59. The van der Waals surface area contributed by atoms with Gasteiger partial charge in [0.15, 0.2) is 0 Å². The van der Waals surface area contributed by atoms with Crippen LogP contribution in [0.25, 0.3) is 0 Å². The number of carboxylic acid groups (broad SMARTS) is 1. The summed E-state index contributed by atoms with van der Waals surface area (Å²) in [6, 6.07) is 3.77. The Morgan fingerprint density at radius 3 is 2.75 bits per heavy atom. The Labute approximate surface area is 103 Å². The number of aliphatic carboxylic acids is 1. The van der Waals surface area contributed by atoms with Crippen LogP contribution in [0, 0.1) is 16.7 Å². The summed E-state index contributed by atoms with van der Waals surface area (Å²) >= 11 is 3.34. The van der Waals surface area contributed by atoms with Gasteiger partial charge in [0.2, 0.25) is 0 Å². The number of hydrogen-bond donors (Lipinski definition) is 1. The van der Waals surface area contributed by atoms with Crippen LogP contribution in [0.4, 0.5) is 0 Å². The van der Waals surface area contributed by atoms with Crippen molar-refractivity contribution in [3.63, 3.8) is 0 Å². The summed E-state index contributed by atoms with van der Waals surface area (Å²) in [5.74, 6) is -0.811. The fraction of sp³-hybridized carbons (Fsp3) is 0.455. The lowest BCUT2D eigenvalue weighted by atomic mass is 9.89. The second-order valence-electron chi connectivity index (χ2n) is 4.53. The quantitative estimate of drug-likeness (QED) is 0.924. The van der Waals surface area contributed by atoms with Crippen molar-refractivity contribution < 1.29 is 9.90 Å². The van der Waals surface area contributed by atoms with Crippen molar-refractivity contribution in [2.45, 2.75) is 26.8 Å². The number of hydrogen-bond acceptors (Lipinski definition) is 2. The molecule has 1 aromatic rings. The van der Waals surface area contributed by atoms with Gasteiger partial charge >= 0.3 is 5.97 Å². The summed E-state index contributed by atoms with van der Waals surface area (Å²) in [5.41, 5.74) is 0.220. The normalized spacial score (nSPS) is 11.1. The molecule has 4 nitrogen and oxygen atoms in total. The minimum atomic E-state index is -0.811. The number of aromatic nitrogens is 1. The predicted octanol–water partition coefficient (Wildman–Crippen LogP) is 2.62. The van der Waals surface area contributed by atoms with Crippen molar-refractivity contribution in [3.05, 3.63) is 22.4 Å². The average molecular weight is 285 g/mol. The molecule has 0 aliphatic carbocycles. The molecule has 1 rings (SSSR count). The molecule has 0 aliphatic rings. The molecule has 0 aliphatic heterocycles. The minimum Gasteiger partial charge on any atom is -0.481 e. The molecule has 0 unspecified atom stereocenters. The molecule has 0 atom stereocenters. The van der Waals surface area contributed by atoms with Crippen LogP contribution in [0.2, 0.25) is 0 Å². The van der Waals surface area contributed by atoms with Crippen LogP contribution in [-0.4, -0.2) is 15.6 Å². The third kappa shape index (κ3) is 3.38. The van der Waals surface area contributed by atoms with E-state index in [9.17, 15) is 4.79 Å². The number of rotatable bonds is 4. The molecule has 0 radical (unpaired) electrons. The second kappa shape index (κ2) is 4.71. The zero-order valence-corrected chi connectivity index (χ0v) is 10.8. The van der Waals surface area contributed by atoms with Crippen LogP contribution in [0.1, 0.15) is 25.8 Å². The van der Waals surface area contributed by atoms with E-state index in [0.717, 1.165) is 4.60 Å². The van der Waals surface area contributed by atoms with Crippen LogP contribution < -0.4 is 0 Å². The van der Waals surface area contributed by atoms with Crippen LogP contribution in [-0.2, 0) is 11.3 Å². The van der Waals surface area contributed by atoms with Gasteiger partial charge in [0.1, 0.15) is 6.07 Å². The van der Waals surface area contributed by atoms with Crippen molar-refractivity contribution in [1.29, 1.82) is 5.26 Å². The highest BCUT2D eigenvalue weighted by molar-refractivity contribution is 9.10. The standard InChI is InChI=1S/C11H13BrN2O2/c1-11(2,4-10(15)16)7-14-6-8(5-13)3-9(14)12/h3,6H,4,7H2,1-2H3,(H,15,16). The number of nitrogens with zero attached hydrogens (tertiary/aromatic N) is 2. The van der Waals surface area contributed by atoms with Gasteiger partial charge in [0.05, 0.1) is 16.6 Å². The van der Waals surface area contributed by atoms with E-state index in [1.165, 1.54) is 0 Å². The lowest BCUT2D eigenvalue weighted by molar-refractivity contribution is -0.139. The first-order valence-corrected chi connectivity index (χ1v) is 5.61. The van der Waals surface area contributed by atoms with Gasteiger partial charge in [-0.3, -0.25) is 4.79 Å². The number of halogens is 1. The molecule has 1 aromatic heterocycles. The summed E-state index contributed by atoms with van der Waals surface area (Å²) in [4.78, 5) is 10.7. The van der Waals surface area contributed by atoms with E-state index in [-0.39, 0.29) is 11.8 Å². The van der Waals surface area contributed by atoms with Crippen molar-refractivity contribution in [1.82, 2.24) is 4.57 Å². The maximum atomic E-state index is 10.7. The highest BCUT2D eigenvalue weighted by Gasteiger charge is 2.23. The third-order valence-electron chi connectivity index (χ3n) is 2.20. The van der Waals surface area contributed by atoms with Crippen LogP contribution in [0.5, 0.6) is 0 Å². The maximum Gasteiger partial charge on any atom is 0.303 e. The predicted molar refractivity (Wildman–Crippen MR) is 62.9 cm³/mol. The summed E-state index contributed by atoms with van der Waals surface area (Å²) < 4.78 is 2.64. The number of carbonyl (C=O) groups is 1. The van der Waals surface area contributed by atoms with Gasteiger partial charge in [-0.1, -0.05) is 13.8 Å². The Kier molecular flexibility index (Phi) is 3.76. The van der Waals surface area contributed by atoms with Gasteiger partial charge in [-0.25, -0.2) is 0 Å². The van der Waals surface area contributed by atoms with Crippen LogP contribution in [0.15, 0.2) is 16.9 Å². The Hall–Kier alpha value is -1.28. The third-order valence-corrected chi connectivity index (χ3v) is 2.89. The summed E-state index contributed by atoms with van der Waals surface area (Å²) in [5, 5.41) is 17.5. The van der Waals surface area contributed by atoms with Crippen molar-refractivity contribution in [3.8, 4) is 6.07 Å². The van der Waals surface area contributed by atoms with Gasteiger partial charge in [-0.2, -0.15) is 5.26 Å². The highest BCUT2D eigenvalue weighted by atomic mass is 79.9. The SMILES string of the molecule is CC(C)(CC(=O)O)Cn1cc(C#N)cc1Br. The molecule has 0 saturated heterocycles. The summed E-state index contributed by atoms with van der Waals surface area (Å²) in [7, 11) is 0. The molecule has 0 spiro atoms. The molecule has 86 valence electrons. The second-order valence-corrected chi connectivity index (χ2v) is 5.34. The van der Waals surface area contributed by atoms with Gasteiger partial charge in [0.25, 0.3) is 0 Å². The van der Waals surface area contributed by atoms with Crippen LogP contribution >= 0.6 is 15.9 Å². The maximum absolute atomic E-state index is 10.7. The van der Waals surface area contributed by atoms with Crippen molar-refractivity contribution >= 4 is 21.9 Å². The molecule has 0 fully saturated rings. The lowest BCUT2D eigenvalue weighted by Crippen LogP contribution is -2.23. The fourth-order valence-corrected chi connectivity index (χ4v) is 2.06. The molecular formula is C11H13BrN2O2. The van der Waals surface area contributed by atoms with E-state index >= 15 is 0 Å². The zero-order chi connectivity index (χ0) is 12.3. The first-order chi connectivity index (χ1) is 7.34. The van der Waals surface area contributed by atoms with Gasteiger partial charge in [-0.15, -0.1) is 0 Å². The van der Waals surface area contributed by atoms with Gasteiger partial charge in [-0.05, 0) is 27.4 Å². The zero-order valence-electron chi connectivity index (χ0n) is 9.20. The van der Waals surface area contributed by atoms with Crippen molar-refractivity contribution in [2.75, 3.05) is 0 Å².